The molecule has 0 amide bonds. The minimum Gasteiger partial charge on any atom is -0.399 e. The van der Waals surface area contributed by atoms with E-state index in [2.05, 4.69) is 6.58 Å². The highest BCUT2D eigenvalue weighted by atomic mass is 35.5. The van der Waals surface area contributed by atoms with E-state index in [4.69, 9.17) is 20.9 Å². The van der Waals surface area contributed by atoms with E-state index in [0.29, 0.717) is 5.02 Å². The Morgan fingerprint density at radius 3 is 1.94 bits per heavy atom. The summed E-state index contributed by atoms with van der Waals surface area (Å²) in [5.74, 6) is 0. The second-order valence-electron chi connectivity index (χ2n) is 5.62. The van der Waals surface area contributed by atoms with E-state index in [1.54, 1.807) is 0 Å². The van der Waals surface area contributed by atoms with E-state index >= 15 is 0 Å². The van der Waals surface area contributed by atoms with Gasteiger partial charge in [0.1, 0.15) is 0 Å². The molecule has 1 fully saturated rings. The molecule has 4 heteroatoms. The van der Waals surface area contributed by atoms with Crippen LogP contribution >= 0.6 is 11.6 Å². The largest absolute Gasteiger partial charge is 0.494 e. The summed E-state index contributed by atoms with van der Waals surface area (Å²) >= 11 is 5.87. The third-order valence-corrected chi connectivity index (χ3v) is 4.00. The number of hydrogen-bond acceptors (Lipinski definition) is 2. The van der Waals surface area contributed by atoms with Gasteiger partial charge in [-0.3, -0.25) is 0 Å². The molecule has 2 nitrogen and oxygen atoms in total. The van der Waals surface area contributed by atoms with Gasteiger partial charge in [-0.1, -0.05) is 30.3 Å². The summed E-state index contributed by atoms with van der Waals surface area (Å²) in [4.78, 5) is 0. The minimum absolute atomic E-state index is 0.340. The molecule has 0 bridgehead atoms. The van der Waals surface area contributed by atoms with Gasteiger partial charge in [0.05, 0.1) is 11.2 Å². The smallest absolute Gasteiger partial charge is 0.399 e. The number of halogens is 1. The van der Waals surface area contributed by atoms with E-state index in [1.165, 1.54) is 0 Å². The Morgan fingerprint density at radius 2 is 1.50 bits per heavy atom. The van der Waals surface area contributed by atoms with Gasteiger partial charge in [-0.05, 0) is 50.9 Å². The van der Waals surface area contributed by atoms with E-state index in [9.17, 15) is 0 Å². The zero-order valence-electron chi connectivity index (χ0n) is 11.3. The molecule has 2 rings (SSSR count). The first-order valence-corrected chi connectivity index (χ1v) is 6.41. The van der Waals surface area contributed by atoms with Gasteiger partial charge in [0, 0.05) is 5.02 Å². The van der Waals surface area contributed by atoms with Crippen molar-refractivity contribution in [2.45, 2.75) is 38.9 Å². The van der Waals surface area contributed by atoms with Crippen LogP contribution in [0.2, 0.25) is 5.02 Å². The summed E-state index contributed by atoms with van der Waals surface area (Å²) in [6.07, 6.45) is 0. The molecule has 18 heavy (non-hydrogen) atoms. The molecule has 0 radical (unpaired) electrons. The molecule has 0 saturated carbocycles. The average Bonchev–Trinajstić information content (AvgIpc) is 2.48. The highest BCUT2D eigenvalue weighted by Gasteiger charge is 2.52. The highest BCUT2D eigenvalue weighted by molar-refractivity contribution is 6.68. The monoisotopic (exact) mass is 264 g/mol. The van der Waals surface area contributed by atoms with Gasteiger partial charge in [-0.25, -0.2) is 0 Å². The molecule has 96 valence electrons. The van der Waals surface area contributed by atoms with E-state index in [1.807, 2.05) is 52.0 Å². The standard InChI is InChI=1S/C14H18BClO2/c1-10(11-6-8-12(16)9-7-11)15-17-13(2,3)14(4,5)18-15/h6-9H,1H2,2-5H3. The van der Waals surface area contributed by atoms with Crippen LogP contribution in [-0.4, -0.2) is 18.3 Å². The van der Waals surface area contributed by atoms with Crippen LogP contribution in [0, 0.1) is 0 Å². The van der Waals surface area contributed by atoms with E-state index in [0.717, 1.165) is 11.0 Å². The molecule has 0 spiro atoms. The Kier molecular flexibility index (Phi) is 3.35. The number of rotatable bonds is 2. The summed E-state index contributed by atoms with van der Waals surface area (Å²) < 4.78 is 11.9. The maximum absolute atomic E-state index is 5.96. The van der Waals surface area contributed by atoms with Gasteiger partial charge < -0.3 is 9.31 Å². The van der Waals surface area contributed by atoms with Gasteiger partial charge in [-0.2, -0.15) is 0 Å². The third-order valence-electron chi connectivity index (χ3n) is 3.75. The summed E-state index contributed by atoms with van der Waals surface area (Å²) in [6, 6.07) is 7.53. The van der Waals surface area contributed by atoms with Crippen molar-refractivity contribution in [3.05, 3.63) is 41.4 Å². The van der Waals surface area contributed by atoms with Crippen LogP contribution in [0.3, 0.4) is 0 Å². The lowest BCUT2D eigenvalue weighted by Crippen LogP contribution is -2.41. The number of hydrogen-bond donors (Lipinski definition) is 0. The van der Waals surface area contributed by atoms with Gasteiger partial charge in [-0.15, -0.1) is 0 Å². The van der Waals surface area contributed by atoms with Crippen molar-refractivity contribution in [3.8, 4) is 0 Å². The summed E-state index contributed by atoms with van der Waals surface area (Å²) in [5.41, 5.74) is 1.13. The predicted molar refractivity (Wildman–Crippen MR) is 76.6 cm³/mol. The van der Waals surface area contributed by atoms with Crippen LogP contribution in [0.4, 0.5) is 0 Å². The van der Waals surface area contributed by atoms with Crippen molar-refractivity contribution >= 4 is 24.2 Å². The van der Waals surface area contributed by atoms with Crippen LogP contribution in [0.1, 0.15) is 33.3 Å². The van der Waals surface area contributed by atoms with Gasteiger partial charge >= 0.3 is 7.12 Å². The molecule has 1 saturated heterocycles. The highest BCUT2D eigenvalue weighted by Crippen LogP contribution is 2.40. The zero-order chi connectivity index (χ0) is 13.6. The fourth-order valence-corrected chi connectivity index (χ4v) is 1.91. The van der Waals surface area contributed by atoms with Crippen molar-refractivity contribution < 1.29 is 9.31 Å². The third kappa shape index (κ3) is 2.35. The van der Waals surface area contributed by atoms with Gasteiger partial charge in [0.15, 0.2) is 0 Å². The van der Waals surface area contributed by atoms with Crippen LogP contribution in [0.25, 0.3) is 5.47 Å². The molecule has 1 aliphatic heterocycles. The Labute approximate surface area is 114 Å². The molecule has 0 unspecified atom stereocenters. The van der Waals surface area contributed by atoms with Crippen LogP contribution < -0.4 is 0 Å². The van der Waals surface area contributed by atoms with Gasteiger partial charge in [0.25, 0.3) is 0 Å². The Morgan fingerprint density at radius 1 is 1.06 bits per heavy atom. The van der Waals surface area contributed by atoms with Crippen molar-refractivity contribution in [1.29, 1.82) is 0 Å². The molecule has 0 N–H and O–H groups in total. The van der Waals surface area contributed by atoms with Crippen molar-refractivity contribution in [2.24, 2.45) is 0 Å². The molecule has 1 aromatic rings. The summed E-state index contributed by atoms with van der Waals surface area (Å²) in [6.45, 7) is 12.2. The van der Waals surface area contributed by atoms with E-state index in [-0.39, 0.29) is 11.2 Å². The minimum atomic E-state index is -0.406. The van der Waals surface area contributed by atoms with E-state index < -0.39 is 7.12 Å². The first-order valence-electron chi connectivity index (χ1n) is 6.03. The summed E-state index contributed by atoms with van der Waals surface area (Å²) in [5, 5.41) is 0.709. The maximum atomic E-state index is 5.96. The topological polar surface area (TPSA) is 18.5 Å². The Hall–Kier alpha value is -0.765. The SMILES string of the molecule is C=C(B1OC(C)(C)C(C)(C)O1)c1ccc(Cl)cc1. The van der Waals surface area contributed by atoms with Crippen molar-refractivity contribution in [2.75, 3.05) is 0 Å². The van der Waals surface area contributed by atoms with Crippen LogP contribution in [0.15, 0.2) is 30.8 Å². The fraction of sp³-hybridized carbons (Fsp3) is 0.429. The molecule has 0 aliphatic carbocycles. The Bertz CT molecular complexity index is 449. The predicted octanol–water partition coefficient (Wildman–Crippen LogP) is 3.98. The normalized spacial score (nSPS) is 21.1. The van der Waals surface area contributed by atoms with Crippen molar-refractivity contribution in [3.63, 3.8) is 0 Å². The van der Waals surface area contributed by atoms with Gasteiger partial charge in [0.2, 0.25) is 0 Å². The van der Waals surface area contributed by atoms with Crippen LogP contribution in [0.5, 0.6) is 0 Å². The molecule has 0 aromatic heterocycles. The first kappa shape index (κ1) is 13.7. The molecule has 0 atom stereocenters. The molecular weight excluding hydrogens is 246 g/mol. The Balaban J connectivity index is 2.20. The zero-order valence-corrected chi connectivity index (χ0v) is 12.0. The lowest BCUT2D eigenvalue weighted by Gasteiger charge is -2.32. The average molecular weight is 265 g/mol. The second-order valence-corrected chi connectivity index (χ2v) is 6.06. The second kappa shape index (κ2) is 4.41. The lowest BCUT2D eigenvalue weighted by atomic mass is 9.75. The molecule has 1 heterocycles. The molecular formula is C14H18BClO2. The van der Waals surface area contributed by atoms with Crippen molar-refractivity contribution in [1.82, 2.24) is 0 Å². The van der Waals surface area contributed by atoms with Crippen LogP contribution in [-0.2, 0) is 9.31 Å². The maximum Gasteiger partial charge on any atom is 0.494 e. The lowest BCUT2D eigenvalue weighted by molar-refractivity contribution is 0.00578. The fourth-order valence-electron chi connectivity index (χ4n) is 1.79. The molecule has 1 aliphatic rings. The number of benzene rings is 1. The molecule has 1 aromatic carbocycles. The summed E-state index contributed by atoms with van der Waals surface area (Å²) in [7, 11) is -0.406. The quantitative estimate of drug-likeness (QED) is 0.752. The first-order chi connectivity index (χ1) is 8.23.